The molecular formula is C16H30N2O2. The van der Waals surface area contributed by atoms with Crippen LogP contribution in [0.4, 0.5) is 0 Å². The molecule has 1 saturated carbocycles. The lowest BCUT2D eigenvalue weighted by molar-refractivity contribution is -0.150. The molecule has 4 heteroatoms. The number of likely N-dealkylation sites (tertiary alicyclic amines) is 1. The van der Waals surface area contributed by atoms with Crippen LogP contribution in [-0.4, -0.2) is 47.7 Å². The second kappa shape index (κ2) is 5.64. The Balaban J connectivity index is 2.00. The lowest BCUT2D eigenvalue weighted by atomic mass is 9.61. The maximum atomic E-state index is 11.4. The average molecular weight is 282 g/mol. The summed E-state index contributed by atoms with van der Waals surface area (Å²) < 4.78 is 0. The van der Waals surface area contributed by atoms with Crippen LogP contribution < -0.4 is 5.32 Å². The highest BCUT2D eigenvalue weighted by Crippen LogP contribution is 2.45. The monoisotopic (exact) mass is 282 g/mol. The molecule has 2 fully saturated rings. The lowest BCUT2D eigenvalue weighted by Crippen LogP contribution is -2.53. The molecule has 1 saturated heterocycles. The van der Waals surface area contributed by atoms with Crippen LogP contribution in [0.25, 0.3) is 0 Å². The van der Waals surface area contributed by atoms with E-state index >= 15 is 0 Å². The number of nitrogens with zero attached hydrogens (tertiary/aromatic N) is 1. The smallest absolute Gasteiger partial charge is 0.307 e. The van der Waals surface area contributed by atoms with Crippen LogP contribution in [0.15, 0.2) is 0 Å². The van der Waals surface area contributed by atoms with Gasteiger partial charge >= 0.3 is 5.97 Å². The molecule has 116 valence electrons. The maximum Gasteiger partial charge on any atom is 0.307 e. The Labute approximate surface area is 122 Å². The van der Waals surface area contributed by atoms with Crippen molar-refractivity contribution in [1.29, 1.82) is 0 Å². The first-order chi connectivity index (χ1) is 9.23. The summed E-state index contributed by atoms with van der Waals surface area (Å²) in [7, 11) is 2.18. The molecule has 2 N–H and O–H groups in total. The summed E-state index contributed by atoms with van der Waals surface area (Å²) in [6.07, 6.45) is 2.97. The third kappa shape index (κ3) is 2.86. The van der Waals surface area contributed by atoms with E-state index < -0.39 is 5.97 Å². The minimum absolute atomic E-state index is 0.141. The third-order valence-electron chi connectivity index (χ3n) is 6.08. The van der Waals surface area contributed by atoms with Crippen molar-refractivity contribution in [1.82, 2.24) is 10.2 Å². The molecule has 0 radical (unpaired) electrons. The molecule has 0 bridgehead atoms. The molecular weight excluding hydrogens is 252 g/mol. The van der Waals surface area contributed by atoms with Crippen LogP contribution in [0, 0.1) is 17.3 Å². The summed E-state index contributed by atoms with van der Waals surface area (Å²) in [6, 6.07) is 1.65. The molecule has 1 aliphatic heterocycles. The van der Waals surface area contributed by atoms with Crippen molar-refractivity contribution < 1.29 is 9.90 Å². The van der Waals surface area contributed by atoms with Gasteiger partial charge in [0.1, 0.15) is 0 Å². The number of aliphatic carboxylic acids is 1. The molecule has 0 spiro atoms. The largest absolute Gasteiger partial charge is 0.481 e. The number of rotatable bonds is 3. The predicted molar refractivity (Wildman–Crippen MR) is 80.7 cm³/mol. The van der Waals surface area contributed by atoms with Crippen LogP contribution >= 0.6 is 0 Å². The number of hydrogen-bond donors (Lipinski definition) is 2. The van der Waals surface area contributed by atoms with E-state index in [-0.39, 0.29) is 11.3 Å². The molecule has 1 heterocycles. The average Bonchev–Trinajstić information content (AvgIpc) is 2.64. The molecule has 0 aromatic heterocycles. The van der Waals surface area contributed by atoms with Gasteiger partial charge < -0.3 is 15.3 Å². The second-order valence-corrected chi connectivity index (χ2v) is 7.57. The number of nitrogens with one attached hydrogen (secondary N) is 1. The Hall–Kier alpha value is -0.610. The summed E-state index contributed by atoms with van der Waals surface area (Å²) in [5, 5.41) is 13.2. The Morgan fingerprint density at radius 1 is 1.30 bits per heavy atom. The van der Waals surface area contributed by atoms with E-state index in [0.717, 1.165) is 19.4 Å². The quantitative estimate of drug-likeness (QED) is 0.833. The topological polar surface area (TPSA) is 52.6 Å². The van der Waals surface area contributed by atoms with E-state index in [1.807, 2.05) is 0 Å². The Morgan fingerprint density at radius 2 is 1.95 bits per heavy atom. The molecule has 0 aromatic rings. The van der Waals surface area contributed by atoms with Gasteiger partial charge in [0.25, 0.3) is 0 Å². The SMILES string of the molecule is CC1CC(NC2CCC(C(=O)O)C(C)(C)C2C)CN1C. The van der Waals surface area contributed by atoms with E-state index in [1.54, 1.807) is 0 Å². The fourth-order valence-electron chi connectivity index (χ4n) is 4.09. The van der Waals surface area contributed by atoms with Crippen molar-refractivity contribution in [3.8, 4) is 0 Å². The number of carbonyl (C=O) groups is 1. The van der Waals surface area contributed by atoms with Crippen LogP contribution in [-0.2, 0) is 4.79 Å². The van der Waals surface area contributed by atoms with Gasteiger partial charge in [0.2, 0.25) is 0 Å². The van der Waals surface area contributed by atoms with Gasteiger partial charge in [0, 0.05) is 24.7 Å². The minimum Gasteiger partial charge on any atom is -0.481 e. The van der Waals surface area contributed by atoms with Gasteiger partial charge in [0.15, 0.2) is 0 Å². The molecule has 20 heavy (non-hydrogen) atoms. The first kappa shape index (κ1) is 15.8. The van der Waals surface area contributed by atoms with Gasteiger partial charge in [0.05, 0.1) is 5.92 Å². The third-order valence-corrected chi connectivity index (χ3v) is 6.08. The molecule has 5 atom stereocenters. The second-order valence-electron chi connectivity index (χ2n) is 7.57. The van der Waals surface area contributed by atoms with Gasteiger partial charge in [-0.2, -0.15) is 0 Å². The molecule has 2 aliphatic rings. The molecule has 2 rings (SSSR count). The summed E-state index contributed by atoms with van der Waals surface area (Å²) in [4.78, 5) is 13.8. The number of carboxylic acid groups (broad SMARTS) is 1. The normalized spacial score (nSPS) is 41.8. The van der Waals surface area contributed by atoms with Crippen molar-refractivity contribution in [2.24, 2.45) is 17.3 Å². The van der Waals surface area contributed by atoms with Gasteiger partial charge in [-0.1, -0.05) is 20.8 Å². The number of carboxylic acids is 1. The first-order valence-corrected chi connectivity index (χ1v) is 7.92. The Kier molecular flexibility index (Phi) is 4.45. The number of hydrogen-bond acceptors (Lipinski definition) is 3. The highest BCUT2D eigenvalue weighted by Gasteiger charge is 2.46. The van der Waals surface area contributed by atoms with Crippen LogP contribution in [0.1, 0.15) is 47.0 Å². The van der Waals surface area contributed by atoms with Gasteiger partial charge in [-0.25, -0.2) is 0 Å². The van der Waals surface area contributed by atoms with Crippen molar-refractivity contribution in [2.75, 3.05) is 13.6 Å². The van der Waals surface area contributed by atoms with Crippen molar-refractivity contribution in [3.05, 3.63) is 0 Å². The zero-order valence-corrected chi connectivity index (χ0v) is 13.5. The summed E-state index contributed by atoms with van der Waals surface area (Å²) in [6.45, 7) is 9.83. The van der Waals surface area contributed by atoms with Crippen LogP contribution in [0.2, 0.25) is 0 Å². The molecule has 0 amide bonds. The van der Waals surface area contributed by atoms with Gasteiger partial charge in [-0.3, -0.25) is 4.79 Å². The number of likely N-dealkylation sites (N-methyl/N-ethyl adjacent to an activating group) is 1. The fourth-order valence-corrected chi connectivity index (χ4v) is 4.09. The Morgan fingerprint density at radius 3 is 2.45 bits per heavy atom. The standard InChI is InChI=1S/C16H30N2O2/c1-10-8-12(9-18(10)5)17-14-7-6-13(15(19)20)16(3,4)11(14)2/h10-14,17H,6-9H2,1-5H3,(H,19,20). The highest BCUT2D eigenvalue weighted by atomic mass is 16.4. The summed E-state index contributed by atoms with van der Waals surface area (Å²) in [5.74, 6) is -0.450. The van der Waals surface area contributed by atoms with E-state index in [4.69, 9.17) is 0 Å². The van der Waals surface area contributed by atoms with Crippen molar-refractivity contribution in [2.45, 2.75) is 65.1 Å². The van der Waals surface area contributed by atoms with E-state index in [9.17, 15) is 9.90 Å². The minimum atomic E-state index is -0.630. The van der Waals surface area contributed by atoms with Crippen LogP contribution in [0.3, 0.4) is 0 Å². The van der Waals surface area contributed by atoms with E-state index in [2.05, 4.69) is 45.0 Å². The highest BCUT2D eigenvalue weighted by molar-refractivity contribution is 5.71. The molecule has 4 nitrogen and oxygen atoms in total. The van der Waals surface area contributed by atoms with Crippen molar-refractivity contribution >= 4 is 5.97 Å². The maximum absolute atomic E-state index is 11.4. The summed E-state index contributed by atoms with van der Waals surface area (Å²) >= 11 is 0. The fraction of sp³-hybridized carbons (Fsp3) is 0.938. The first-order valence-electron chi connectivity index (χ1n) is 7.92. The van der Waals surface area contributed by atoms with Gasteiger partial charge in [-0.15, -0.1) is 0 Å². The summed E-state index contributed by atoms with van der Waals surface area (Å²) in [5.41, 5.74) is -0.141. The van der Waals surface area contributed by atoms with E-state index in [1.165, 1.54) is 6.42 Å². The molecule has 0 aromatic carbocycles. The molecule has 5 unspecified atom stereocenters. The predicted octanol–water partition coefficient (Wildman–Crippen LogP) is 2.19. The lowest BCUT2D eigenvalue weighted by Gasteiger charge is -2.47. The Bertz CT molecular complexity index is 359. The van der Waals surface area contributed by atoms with Gasteiger partial charge in [-0.05, 0) is 44.6 Å². The molecule has 1 aliphatic carbocycles. The van der Waals surface area contributed by atoms with Crippen molar-refractivity contribution in [3.63, 3.8) is 0 Å². The zero-order valence-electron chi connectivity index (χ0n) is 13.5. The zero-order chi connectivity index (χ0) is 15.1. The van der Waals surface area contributed by atoms with E-state index in [0.29, 0.717) is 24.0 Å². The van der Waals surface area contributed by atoms with Crippen LogP contribution in [0.5, 0.6) is 0 Å².